The van der Waals surface area contributed by atoms with E-state index in [0.29, 0.717) is 36.2 Å². The molecule has 0 aliphatic rings. The molecule has 30 heavy (non-hydrogen) atoms. The van der Waals surface area contributed by atoms with Crippen molar-refractivity contribution in [2.75, 3.05) is 13.2 Å². The number of carbonyl (C=O) groups excluding carboxylic acids is 1. The van der Waals surface area contributed by atoms with Crippen molar-refractivity contribution in [3.63, 3.8) is 0 Å². The van der Waals surface area contributed by atoms with Crippen LogP contribution in [0.15, 0.2) is 23.2 Å². The second-order valence-electron chi connectivity index (χ2n) is 6.33. The van der Waals surface area contributed by atoms with E-state index in [9.17, 15) is 14.3 Å². The predicted molar refractivity (Wildman–Crippen MR) is 127 cm³/mol. The van der Waals surface area contributed by atoms with Crippen molar-refractivity contribution in [3.8, 4) is 0 Å². The molecule has 0 aliphatic carbocycles. The fraction of sp³-hybridized carbons (Fsp3) is 0.450. The summed E-state index contributed by atoms with van der Waals surface area (Å²) in [7, 11) is 0. The quantitative estimate of drug-likeness (QED) is 0.201. The Morgan fingerprint density at radius 3 is 2.77 bits per heavy atom. The smallest absolute Gasteiger partial charge is 0.350 e. The standard InChI is InChI=1S/C20H27FN4O3S.HI/c1-5-22-20(23-10-14-7-8-16(21)15(9-14)11-26)25-13(4)18-24-12(3)17(29-18)19(27)28-6-2;/h7-9,13,26H,5-6,10-11H2,1-4H3,(H2,22,23,25);1H. The highest BCUT2D eigenvalue weighted by Gasteiger charge is 2.20. The lowest BCUT2D eigenvalue weighted by Gasteiger charge is -2.16. The molecule has 0 saturated heterocycles. The third kappa shape index (κ3) is 7.17. The summed E-state index contributed by atoms with van der Waals surface area (Å²) in [6, 6.07) is 4.39. The van der Waals surface area contributed by atoms with Gasteiger partial charge in [0, 0.05) is 12.1 Å². The molecule has 1 aromatic carbocycles. The van der Waals surface area contributed by atoms with Crippen molar-refractivity contribution in [1.29, 1.82) is 0 Å². The van der Waals surface area contributed by atoms with Crippen LogP contribution in [0, 0.1) is 12.7 Å². The Morgan fingerprint density at radius 2 is 2.13 bits per heavy atom. The van der Waals surface area contributed by atoms with Gasteiger partial charge in [0.05, 0.1) is 31.5 Å². The third-order valence-corrected chi connectivity index (χ3v) is 5.36. The summed E-state index contributed by atoms with van der Waals surface area (Å²) >= 11 is 1.30. The van der Waals surface area contributed by atoms with E-state index in [4.69, 9.17) is 4.74 Å². The molecule has 2 aromatic rings. The Balaban J connectivity index is 0.00000450. The zero-order valence-electron chi connectivity index (χ0n) is 17.5. The fourth-order valence-corrected chi connectivity index (χ4v) is 3.56. The van der Waals surface area contributed by atoms with Gasteiger partial charge in [-0.2, -0.15) is 0 Å². The number of guanidine groups is 1. The largest absolute Gasteiger partial charge is 0.462 e. The molecule has 0 bridgehead atoms. The lowest BCUT2D eigenvalue weighted by atomic mass is 10.1. The molecule has 0 saturated carbocycles. The van der Waals surface area contributed by atoms with E-state index < -0.39 is 5.82 Å². The number of esters is 1. The number of thiazole rings is 1. The fourth-order valence-electron chi connectivity index (χ4n) is 2.59. The lowest BCUT2D eigenvalue weighted by Crippen LogP contribution is -2.38. The molecule has 1 atom stereocenters. The zero-order chi connectivity index (χ0) is 21.4. The zero-order valence-corrected chi connectivity index (χ0v) is 20.6. The van der Waals surface area contributed by atoms with Gasteiger partial charge in [-0.25, -0.2) is 19.2 Å². The van der Waals surface area contributed by atoms with Crippen LogP contribution < -0.4 is 10.6 Å². The van der Waals surface area contributed by atoms with Crippen LogP contribution in [-0.4, -0.2) is 35.2 Å². The second-order valence-corrected chi connectivity index (χ2v) is 7.36. The van der Waals surface area contributed by atoms with Gasteiger partial charge in [-0.15, -0.1) is 35.3 Å². The van der Waals surface area contributed by atoms with Crippen molar-refractivity contribution in [2.24, 2.45) is 4.99 Å². The van der Waals surface area contributed by atoms with Crippen LogP contribution in [0.2, 0.25) is 0 Å². The van der Waals surface area contributed by atoms with Gasteiger partial charge in [0.2, 0.25) is 0 Å². The van der Waals surface area contributed by atoms with Crippen LogP contribution in [0.3, 0.4) is 0 Å². The van der Waals surface area contributed by atoms with Gasteiger partial charge < -0.3 is 20.5 Å². The molecule has 7 nitrogen and oxygen atoms in total. The predicted octanol–water partition coefficient (Wildman–Crippen LogP) is 3.69. The van der Waals surface area contributed by atoms with Crippen molar-refractivity contribution in [3.05, 3.63) is 50.7 Å². The average Bonchev–Trinajstić information content (AvgIpc) is 3.09. The minimum absolute atomic E-state index is 0. The van der Waals surface area contributed by atoms with E-state index in [1.807, 2.05) is 13.8 Å². The molecule has 1 heterocycles. The molecule has 0 fully saturated rings. The highest BCUT2D eigenvalue weighted by molar-refractivity contribution is 14.0. The summed E-state index contributed by atoms with van der Waals surface area (Å²) in [5, 5.41) is 16.4. The van der Waals surface area contributed by atoms with E-state index in [0.717, 1.165) is 10.6 Å². The minimum Gasteiger partial charge on any atom is -0.462 e. The summed E-state index contributed by atoms with van der Waals surface area (Å²) in [4.78, 5) is 21.5. The summed E-state index contributed by atoms with van der Waals surface area (Å²) in [5.41, 5.74) is 1.67. The number of ether oxygens (including phenoxy) is 1. The number of nitrogens with zero attached hydrogens (tertiary/aromatic N) is 2. The monoisotopic (exact) mass is 550 g/mol. The summed E-state index contributed by atoms with van der Waals surface area (Å²) in [5.74, 6) is -0.228. The Bertz CT molecular complexity index is 876. The summed E-state index contributed by atoms with van der Waals surface area (Å²) < 4.78 is 18.6. The Labute approximate surface area is 197 Å². The Kier molecular flexibility index (Phi) is 11.2. The number of benzene rings is 1. The maximum absolute atomic E-state index is 13.5. The van der Waals surface area contributed by atoms with Crippen molar-refractivity contribution in [2.45, 2.75) is 46.9 Å². The molecular formula is C20H28FIN4O3S. The molecule has 166 valence electrons. The molecule has 3 N–H and O–H groups in total. The van der Waals surface area contributed by atoms with Gasteiger partial charge in [0.1, 0.15) is 15.7 Å². The SMILES string of the molecule is CCNC(=NCc1ccc(F)c(CO)c1)NC(C)c1nc(C)c(C(=O)OCC)s1.I. The molecule has 0 spiro atoms. The highest BCUT2D eigenvalue weighted by atomic mass is 127. The molecule has 1 unspecified atom stereocenters. The number of aliphatic hydroxyl groups is 1. The number of aromatic nitrogens is 1. The van der Waals surface area contributed by atoms with Gasteiger partial charge in [-0.1, -0.05) is 6.07 Å². The molecule has 10 heteroatoms. The highest BCUT2D eigenvalue weighted by Crippen LogP contribution is 2.24. The molecule has 0 radical (unpaired) electrons. The van der Waals surface area contributed by atoms with Gasteiger partial charge in [-0.3, -0.25) is 0 Å². The maximum atomic E-state index is 13.5. The Hall–Kier alpha value is -1.79. The van der Waals surface area contributed by atoms with Crippen molar-refractivity contribution in [1.82, 2.24) is 15.6 Å². The average molecular weight is 550 g/mol. The number of hydrogen-bond donors (Lipinski definition) is 3. The van der Waals surface area contributed by atoms with Gasteiger partial charge in [-0.05, 0) is 45.4 Å². The Morgan fingerprint density at radius 1 is 1.40 bits per heavy atom. The number of aliphatic imine (C=N–C) groups is 1. The van der Waals surface area contributed by atoms with Crippen LogP contribution in [0.4, 0.5) is 4.39 Å². The van der Waals surface area contributed by atoms with Gasteiger partial charge in [0.25, 0.3) is 0 Å². The number of halogens is 2. The number of aryl methyl sites for hydroxylation is 1. The molecule has 1 aromatic heterocycles. The van der Waals surface area contributed by atoms with Gasteiger partial charge in [0.15, 0.2) is 5.96 Å². The number of nitrogens with one attached hydrogen (secondary N) is 2. The first kappa shape index (κ1) is 26.2. The topological polar surface area (TPSA) is 95.8 Å². The van der Waals surface area contributed by atoms with Crippen LogP contribution >= 0.6 is 35.3 Å². The first-order valence-corrected chi connectivity index (χ1v) is 10.3. The van der Waals surface area contributed by atoms with E-state index in [-0.39, 0.29) is 48.2 Å². The lowest BCUT2D eigenvalue weighted by molar-refractivity contribution is 0.0531. The molecular weight excluding hydrogens is 522 g/mol. The molecule has 0 amide bonds. The first-order chi connectivity index (χ1) is 13.9. The van der Waals surface area contributed by atoms with Crippen LogP contribution in [-0.2, 0) is 17.9 Å². The van der Waals surface area contributed by atoms with E-state index in [1.54, 1.807) is 26.0 Å². The molecule has 0 aliphatic heterocycles. The van der Waals surface area contributed by atoms with Crippen LogP contribution in [0.1, 0.15) is 58.3 Å². The number of aliphatic hydroxyl groups excluding tert-OH is 1. The maximum Gasteiger partial charge on any atom is 0.350 e. The second kappa shape index (κ2) is 12.8. The summed E-state index contributed by atoms with van der Waals surface area (Å²) in [6.07, 6.45) is 0. The van der Waals surface area contributed by atoms with Crippen molar-refractivity contribution < 1.29 is 19.0 Å². The number of rotatable bonds is 8. The van der Waals surface area contributed by atoms with Gasteiger partial charge >= 0.3 is 5.97 Å². The van der Waals surface area contributed by atoms with Crippen molar-refractivity contribution >= 4 is 47.2 Å². The third-order valence-electron chi connectivity index (χ3n) is 4.04. The number of carbonyl (C=O) groups is 1. The minimum atomic E-state index is -0.435. The molecule has 2 rings (SSSR count). The number of hydrogen-bond acceptors (Lipinski definition) is 6. The van der Waals surface area contributed by atoms with E-state index in [1.165, 1.54) is 17.4 Å². The normalized spacial score (nSPS) is 12.1. The van der Waals surface area contributed by atoms with Crippen LogP contribution in [0.25, 0.3) is 0 Å². The van der Waals surface area contributed by atoms with E-state index >= 15 is 0 Å². The van der Waals surface area contributed by atoms with E-state index in [2.05, 4.69) is 20.6 Å². The summed E-state index contributed by atoms with van der Waals surface area (Å²) in [6.45, 7) is 8.38. The first-order valence-electron chi connectivity index (χ1n) is 9.47. The van der Waals surface area contributed by atoms with Crippen LogP contribution in [0.5, 0.6) is 0 Å².